The number of carbonyl (C=O) groups excluding carboxylic acids is 1. The van der Waals surface area contributed by atoms with Crippen LogP contribution in [0.4, 0.5) is 0 Å². The molecule has 120 valence electrons. The third kappa shape index (κ3) is 2.21. The van der Waals surface area contributed by atoms with E-state index in [1.807, 2.05) is 36.6 Å². The van der Waals surface area contributed by atoms with Crippen LogP contribution in [0.3, 0.4) is 0 Å². The highest BCUT2D eigenvalue weighted by atomic mass is 16.1. The minimum absolute atomic E-state index is 0.181. The lowest BCUT2D eigenvalue weighted by atomic mass is 10.2. The number of imidazole rings is 1. The maximum absolute atomic E-state index is 12.5. The Bertz CT molecular complexity index is 1060. The van der Waals surface area contributed by atoms with Crippen molar-refractivity contribution in [2.45, 2.75) is 20.4 Å². The summed E-state index contributed by atoms with van der Waals surface area (Å²) in [6, 6.07) is 5.78. The van der Waals surface area contributed by atoms with Gasteiger partial charge >= 0.3 is 0 Å². The molecule has 4 rings (SSSR count). The van der Waals surface area contributed by atoms with E-state index in [-0.39, 0.29) is 5.91 Å². The maximum atomic E-state index is 12.5. The van der Waals surface area contributed by atoms with Crippen LogP contribution in [0.2, 0.25) is 0 Å². The van der Waals surface area contributed by atoms with Gasteiger partial charge in [-0.05, 0) is 25.5 Å². The zero-order valence-electron chi connectivity index (χ0n) is 13.4. The molecule has 4 aromatic rings. The van der Waals surface area contributed by atoms with Crippen molar-refractivity contribution in [3.8, 4) is 0 Å². The zero-order chi connectivity index (χ0) is 16.7. The van der Waals surface area contributed by atoms with Gasteiger partial charge in [-0.2, -0.15) is 5.10 Å². The molecule has 1 amide bonds. The first-order chi connectivity index (χ1) is 11.6. The number of pyridine rings is 1. The summed E-state index contributed by atoms with van der Waals surface area (Å²) in [7, 11) is 0. The molecule has 0 aliphatic carbocycles. The van der Waals surface area contributed by atoms with E-state index in [0.29, 0.717) is 12.1 Å². The second kappa shape index (κ2) is 5.45. The van der Waals surface area contributed by atoms with Crippen LogP contribution < -0.4 is 5.32 Å². The molecule has 1 N–H and O–H groups in total. The highest BCUT2D eigenvalue weighted by Crippen LogP contribution is 2.12. The third-order valence-electron chi connectivity index (χ3n) is 4.14. The van der Waals surface area contributed by atoms with Gasteiger partial charge in [-0.1, -0.05) is 6.07 Å². The minimum atomic E-state index is -0.181. The van der Waals surface area contributed by atoms with Crippen LogP contribution in [0, 0.1) is 13.8 Å². The molecule has 7 heteroatoms. The van der Waals surface area contributed by atoms with Crippen LogP contribution >= 0.6 is 0 Å². The molecule has 0 bridgehead atoms. The Morgan fingerprint density at radius 3 is 2.96 bits per heavy atom. The van der Waals surface area contributed by atoms with Crippen molar-refractivity contribution in [1.82, 2.24) is 29.3 Å². The van der Waals surface area contributed by atoms with Crippen LogP contribution in [0.15, 0.2) is 43.0 Å². The van der Waals surface area contributed by atoms with Gasteiger partial charge in [-0.3, -0.25) is 4.79 Å². The number of rotatable bonds is 3. The van der Waals surface area contributed by atoms with E-state index in [1.165, 1.54) is 0 Å². The quantitative estimate of drug-likeness (QED) is 0.626. The summed E-state index contributed by atoms with van der Waals surface area (Å²) in [5, 5.41) is 7.11. The number of fused-ring (bicyclic) bond motifs is 2. The van der Waals surface area contributed by atoms with E-state index in [2.05, 4.69) is 20.4 Å². The molecular weight excluding hydrogens is 304 g/mol. The highest BCUT2D eigenvalue weighted by molar-refractivity contribution is 5.95. The predicted octanol–water partition coefficient (Wildman–Crippen LogP) is 1.92. The Labute approximate surface area is 138 Å². The van der Waals surface area contributed by atoms with Gasteiger partial charge in [0.15, 0.2) is 5.65 Å². The summed E-state index contributed by atoms with van der Waals surface area (Å²) in [4.78, 5) is 21.2. The van der Waals surface area contributed by atoms with E-state index >= 15 is 0 Å². The SMILES string of the molecule is Cc1cccn2c(CNC(=O)c3cnc4ccnn4c3C)cnc12. The van der Waals surface area contributed by atoms with Crippen molar-refractivity contribution in [3.63, 3.8) is 0 Å². The standard InChI is InChI=1S/C17H16N6O/c1-11-4-3-7-22-13(8-19-16(11)22)9-20-17(24)14-10-18-15-5-6-21-23(15)12(14)2/h3-8,10H,9H2,1-2H3,(H,20,24). The molecule has 24 heavy (non-hydrogen) atoms. The fraction of sp³-hybridized carbons (Fsp3) is 0.176. The molecule has 0 unspecified atom stereocenters. The summed E-state index contributed by atoms with van der Waals surface area (Å²) in [5.74, 6) is -0.181. The Hall–Kier alpha value is -3.22. The minimum Gasteiger partial charge on any atom is -0.346 e. The molecule has 0 fully saturated rings. The molecule has 4 aromatic heterocycles. The van der Waals surface area contributed by atoms with E-state index in [0.717, 1.165) is 28.2 Å². The second-order valence-corrected chi connectivity index (χ2v) is 5.68. The molecule has 7 nitrogen and oxygen atoms in total. The molecule has 0 aliphatic heterocycles. The smallest absolute Gasteiger partial charge is 0.255 e. The summed E-state index contributed by atoms with van der Waals surface area (Å²) in [6.07, 6.45) is 6.97. The second-order valence-electron chi connectivity index (χ2n) is 5.68. The van der Waals surface area contributed by atoms with Gasteiger partial charge in [0, 0.05) is 18.5 Å². The average Bonchev–Trinajstić information content (AvgIpc) is 3.21. The lowest BCUT2D eigenvalue weighted by Gasteiger charge is -2.08. The van der Waals surface area contributed by atoms with Crippen LogP contribution in [0.5, 0.6) is 0 Å². The van der Waals surface area contributed by atoms with Crippen molar-refractivity contribution in [2.75, 3.05) is 0 Å². The first kappa shape index (κ1) is 14.4. The van der Waals surface area contributed by atoms with Crippen molar-refractivity contribution < 1.29 is 4.79 Å². The molecule has 0 atom stereocenters. The molecule has 0 saturated carbocycles. The highest BCUT2D eigenvalue weighted by Gasteiger charge is 2.14. The van der Waals surface area contributed by atoms with E-state index < -0.39 is 0 Å². The fourth-order valence-corrected chi connectivity index (χ4v) is 2.81. The number of nitrogens with one attached hydrogen (secondary N) is 1. The van der Waals surface area contributed by atoms with Gasteiger partial charge in [-0.15, -0.1) is 0 Å². The number of aromatic nitrogens is 5. The number of hydrogen-bond acceptors (Lipinski definition) is 4. The number of aryl methyl sites for hydroxylation is 2. The Morgan fingerprint density at radius 2 is 2.08 bits per heavy atom. The summed E-state index contributed by atoms with van der Waals surface area (Å²) in [5.41, 5.74) is 4.92. The summed E-state index contributed by atoms with van der Waals surface area (Å²) in [6.45, 7) is 4.26. The summed E-state index contributed by atoms with van der Waals surface area (Å²) >= 11 is 0. The monoisotopic (exact) mass is 320 g/mol. The molecular formula is C17H16N6O. The van der Waals surface area contributed by atoms with E-state index in [9.17, 15) is 4.79 Å². The Morgan fingerprint density at radius 1 is 1.21 bits per heavy atom. The number of carbonyl (C=O) groups is 1. The average molecular weight is 320 g/mol. The molecule has 0 saturated heterocycles. The molecule has 0 aromatic carbocycles. The van der Waals surface area contributed by atoms with Gasteiger partial charge in [0.1, 0.15) is 5.65 Å². The van der Waals surface area contributed by atoms with Crippen molar-refractivity contribution in [1.29, 1.82) is 0 Å². The normalized spacial score (nSPS) is 11.2. The topological polar surface area (TPSA) is 76.6 Å². The molecule has 0 aliphatic rings. The predicted molar refractivity (Wildman–Crippen MR) is 88.8 cm³/mol. The van der Waals surface area contributed by atoms with Gasteiger partial charge in [0.25, 0.3) is 5.91 Å². The van der Waals surface area contributed by atoms with Crippen LogP contribution in [-0.4, -0.2) is 29.9 Å². The fourth-order valence-electron chi connectivity index (χ4n) is 2.81. The van der Waals surface area contributed by atoms with Crippen molar-refractivity contribution >= 4 is 17.2 Å². The lowest BCUT2D eigenvalue weighted by Crippen LogP contribution is -2.25. The molecule has 0 radical (unpaired) electrons. The van der Waals surface area contributed by atoms with E-state index in [1.54, 1.807) is 29.2 Å². The van der Waals surface area contributed by atoms with Crippen LogP contribution in [0.1, 0.15) is 27.3 Å². The zero-order valence-corrected chi connectivity index (χ0v) is 13.4. The number of nitrogens with zero attached hydrogens (tertiary/aromatic N) is 5. The lowest BCUT2D eigenvalue weighted by molar-refractivity contribution is 0.0948. The molecule has 0 spiro atoms. The van der Waals surface area contributed by atoms with Crippen molar-refractivity contribution in [3.05, 3.63) is 65.5 Å². The Kier molecular flexibility index (Phi) is 3.26. The van der Waals surface area contributed by atoms with Gasteiger partial charge in [-0.25, -0.2) is 14.5 Å². The number of hydrogen-bond donors (Lipinski definition) is 1. The van der Waals surface area contributed by atoms with Gasteiger partial charge < -0.3 is 9.72 Å². The van der Waals surface area contributed by atoms with Crippen LogP contribution in [0.25, 0.3) is 11.3 Å². The van der Waals surface area contributed by atoms with Gasteiger partial charge in [0.05, 0.1) is 35.9 Å². The first-order valence-electron chi connectivity index (χ1n) is 7.64. The molecule has 4 heterocycles. The first-order valence-corrected chi connectivity index (χ1v) is 7.64. The van der Waals surface area contributed by atoms with Gasteiger partial charge in [0.2, 0.25) is 0 Å². The summed E-state index contributed by atoms with van der Waals surface area (Å²) < 4.78 is 3.64. The Balaban J connectivity index is 1.59. The van der Waals surface area contributed by atoms with Crippen molar-refractivity contribution in [2.24, 2.45) is 0 Å². The maximum Gasteiger partial charge on any atom is 0.255 e. The third-order valence-corrected chi connectivity index (χ3v) is 4.14. The number of amides is 1. The van der Waals surface area contributed by atoms with Crippen LogP contribution in [-0.2, 0) is 6.54 Å². The van der Waals surface area contributed by atoms with E-state index in [4.69, 9.17) is 0 Å². The largest absolute Gasteiger partial charge is 0.346 e.